The Morgan fingerprint density at radius 1 is 0.909 bits per heavy atom. The van der Waals surface area contributed by atoms with E-state index in [1.165, 1.54) is 0 Å². The smallest absolute Gasteiger partial charge is 0.307 e. The second-order valence-electron chi connectivity index (χ2n) is 5.66. The van der Waals surface area contributed by atoms with Crippen molar-refractivity contribution in [1.29, 1.82) is 0 Å². The lowest BCUT2D eigenvalue weighted by Gasteiger charge is -2.27. The second-order valence-corrected chi connectivity index (χ2v) is 5.66. The predicted octanol–water partition coefficient (Wildman–Crippen LogP) is 3.64. The van der Waals surface area contributed by atoms with E-state index in [0.29, 0.717) is 18.4 Å². The van der Waals surface area contributed by atoms with Gasteiger partial charge >= 0.3 is 5.97 Å². The zero-order valence-corrected chi connectivity index (χ0v) is 11.9. The lowest BCUT2D eigenvalue weighted by Crippen LogP contribution is -2.38. The third-order valence-electron chi connectivity index (χ3n) is 4.34. The highest BCUT2D eigenvalue weighted by molar-refractivity contribution is 6.12. The van der Waals surface area contributed by atoms with Gasteiger partial charge in [-0.1, -0.05) is 54.6 Å². The molecule has 4 rings (SSSR count). The number of fused-ring (bicyclic) bond motifs is 1. The molecule has 1 heterocycles. The van der Waals surface area contributed by atoms with Gasteiger partial charge in [-0.2, -0.15) is 0 Å². The third-order valence-corrected chi connectivity index (χ3v) is 4.34. The molecule has 1 aliphatic heterocycles. The Bertz CT molecular complexity index is 805. The lowest BCUT2D eigenvalue weighted by molar-refractivity contribution is -0.143. The van der Waals surface area contributed by atoms with Crippen LogP contribution in [0.2, 0.25) is 0 Å². The minimum atomic E-state index is -1.08. The third kappa shape index (κ3) is 1.82. The number of hydrogen-bond donors (Lipinski definition) is 0. The molecule has 1 saturated heterocycles. The fourth-order valence-corrected chi connectivity index (χ4v) is 3.20. The van der Waals surface area contributed by atoms with Crippen LogP contribution in [0.25, 0.3) is 17.2 Å². The van der Waals surface area contributed by atoms with E-state index in [0.717, 1.165) is 16.7 Å². The van der Waals surface area contributed by atoms with E-state index >= 15 is 0 Å². The predicted molar refractivity (Wildman–Crippen MR) is 83.3 cm³/mol. The van der Waals surface area contributed by atoms with E-state index in [2.05, 4.69) is 0 Å². The van der Waals surface area contributed by atoms with Crippen LogP contribution in [0.4, 0.5) is 0 Å². The maximum absolute atomic E-state index is 12.8. The fourth-order valence-electron chi connectivity index (χ4n) is 3.20. The molecule has 3 nitrogen and oxygen atoms in total. The number of benzene rings is 2. The summed E-state index contributed by atoms with van der Waals surface area (Å²) in [6, 6.07) is 15.6. The quantitative estimate of drug-likeness (QED) is 0.753. The van der Waals surface area contributed by atoms with Gasteiger partial charge in [0.2, 0.25) is 5.78 Å². The van der Waals surface area contributed by atoms with Crippen LogP contribution in [0.1, 0.15) is 28.8 Å². The van der Waals surface area contributed by atoms with Crippen LogP contribution < -0.4 is 0 Å². The highest BCUT2D eigenvalue weighted by Crippen LogP contribution is 2.39. The summed E-state index contributed by atoms with van der Waals surface area (Å²) < 4.78 is 5.33. The van der Waals surface area contributed by atoms with E-state index in [-0.39, 0.29) is 11.8 Å². The molecule has 0 unspecified atom stereocenters. The maximum atomic E-state index is 12.8. The maximum Gasteiger partial charge on any atom is 0.307 e. The van der Waals surface area contributed by atoms with Gasteiger partial charge in [-0.3, -0.25) is 9.59 Å². The summed E-state index contributed by atoms with van der Waals surface area (Å²) >= 11 is 0. The Kier molecular flexibility index (Phi) is 2.76. The first kappa shape index (κ1) is 13.0. The molecule has 2 aliphatic rings. The molecule has 3 heteroatoms. The molecule has 0 amide bonds. The van der Waals surface area contributed by atoms with Gasteiger partial charge < -0.3 is 4.74 Å². The van der Waals surface area contributed by atoms with Crippen LogP contribution in [0, 0.1) is 0 Å². The van der Waals surface area contributed by atoms with Crippen LogP contribution in [0.3, 0.4) is 0 Å². The highest BCUT2D eigenvalue weighted by Gasteiger charge is 2.47. The first-order valence-electron chi connectivity index (χ1n) is 7.34. The number of ketones is 1. The van der Waals surface area contributed by atoms with Crippen LogP contribution in [0.15, 0.2) is 54.6 Å². The van der Waals surface area contributed by atoms with Gasteiger partial charge in [0, 0.05) is 12.0 Å². The summed E-state index contributed by atoms with van der Waals surface area (Å²) in [5.74, 6) is -0.422. The van der Waals surface area contributed by atoms with Crippen molar-refractivity contribution < 1.29 is 14.3 Å². The van der Waals surface area contributed by atoms with Crippen molar-refractivity contribution in [2.75, 3.05) is 0 Å². The Labute approximate surface area is 128 Å². The molecule has 2 aromatic carbocycles. The number of hydrogen-bond acceptors (Lipinski definition) is 3. The summed E-state index contributed by atoms with van der Waals surface area (Å²) in [6.07, 6.45) is 4.38. The van der Waals surface area contributed by atoms with Crippen molar-refractivity contribution >= 4 is 17.8 Å². The van der Waals surface area contributed by atoms with Crippen LogP contribution in [0.5, 0.6) is 0 Å². The molecule has 0 bridgehead atoms. The minimum Gasteiger partial charge on any atom is -0.446 e. The molecule has 0 N–H and O–H groups in total. The van der Waals surface area contributed by atoms with E-state index in [9.17, 15) is 9.59 Å². The highest BCUT2D eigenvalue weighted by atomic mass is 16.6. The van der Waals surface area contributed by atoms with Crippen molar-refractivity contribution in [1.82, 2.24) is 0 Å². The molecule has 0 saturated carbocycles. The van der Waals surface area contributed by atoms with Crippen LogP contribution >= 0.6 is 0 Å². The van der Waals surface area contributed by atoms with E-state index in [4.69, 9.17) is 4.74 Å². The number of rotatable bonds is 1. The van der Waals surface area contributed by atoms with E-state index < -0.39 is 5.60 Å². The molecule has 0 radical (unpaired) electrons. The van der Waals surface area contributed by atoms with Gasteiger partial charge in [-0.25, -0.2) is 0 Å². The minimum absolute atomic E-state index is 0.117. The number of Topliss-reactive ketones (excluding diaryl/α,β-unsaturated/α-hetero) is 1. The monoisotopic (exact) mass is 290 g/mol. The van der Waals surface area contributed by atoms with Crippen LogP contribution in [-0.2, 0) is 9.53 Å². The molecule has 108 valence electrons. The van der Waals surface area contributed by atoms with Crippen LogP contribution in [-0.4, -0.2) is 17.4 Å². The summed E-state index contributed by atoms with van der Waals surface area (Å²) in [4.78, 5) is 24.3. The zero-order chi connectivity index (χ0) is 15.2. The number of esters is 1. The molecule has 2 aromatic rings. The average molecular weight is 290 g/mol. The number of carbonyl (C=O) groups is 2. The topological polar surface area (TPSA) is 43.4 Å². The second kappa shape index (κ2) is 4.67. The first-order valence-corrected chi connectivity index (χ1v) is 7.34. The molecule has 1 fully saturated rings. The van der Waals surface area contributed by atoms with Crippen molar-refractivity contribution in [3.8, 4) is 11.1 Å². The molecule has 1 atom stereocenters. The Balaban J connectivity index is 1.86. The molecular weight excluding hydrogens is 276 g/mol. The average Bonchev–Trinajstić information content (AvgIpc) is 2.94. The number of carbonyl (C=O) groups excluding carboxylic acids is 2. The summed E-state index contributed by atoms with van der Waals surface area (Å²) in [7, 11) is 0. The fraction of sp³-hybridized carbons (Fsp3) is 0.158. The van der Waals surface area contributed by atoms with E-state index in [1.807, 2.05) is 54.6 Å². The normalized spacial score (nSPS) is 22.7. The number of ether oxygens (including phenoxy) is 1. The van der Waals surface area contributed by atoms with Crippen molar-refractivity contribution in [2.24, 2.45) is 0 Å². The molecule has 1 aliphatic carbocycles. The van der Waals surface area contributed by atoms with Gasteiger partial charge in [0.05, 0.1) is 6.42 Å². The van der Waals surface area contributed by atoms with Crippen molar-refractivity contribution in [3.63, 3.8) is 0 Å². The van der Waals surface area contributed by atoms with E-state index in [1.54, 1.807) is 6.08 Å². The van der Waals surface area contributed by atoms with Crippen molar-refractivity contribution in [2.45, 2.75) is 18.4 Å². The van der Waals surface area contributed by atoms with Gasteiger partial charge in [0.15, 0.2) is 5.60 Å². The Morgan fingerprint density at radius 3 is 2.41 bits per heavy atom. The van der Waals surface area contributed by atoms with Gasteiger partial charge in [-0.05, 0) is 22.8 Å². The largest absolute Gasteiger partial charge is 0.446 e. The van der Waals surface area contributed by atoms with Gasteiger partial charge in [0.1, 0.15) is 0 Å². The molecule has 1 spiro atoms. The SMILES string of the molecule is O=C1CC[C@]2(C=Cc3c(cccc3-c3ccccc3)C2=O)O1. The summed E-state index contributed by atoms with van der Waals surface area (Å²) in [5, 5.41) is 0. The zero-order valence-electron chi connectivity index (χ0n) is 11.9. The Hall–Kier alpha value is -2.68. The summed E-state index contributed by atoms with van der Waals surface area (Å²) in [5.41, 5.74) is 2.52. The van der Waals surface area contributed by atoms with Crippen molar-refractivity contribution in [3.05, 3.63) is 65.7 Å². The first-order chi connectivity index (χ1) is 10.7. The summed E-state index contributed by atoms with van der Waals surface area (Å²) in [6.45, 7) is 0. The molecule has 0 aromatic heterocycles. The standard InChI is InChI=1S/C19H14O3/c20-17-10-12-19(22-17)11-9-15-14(13-5-2-1-3-6-13)7-4-8-16(15)18(19)21/h1-9,11H,10,12H2/t19-/m0/s1. The van der Waals surface area contributed by atoms with Gasteiger partial charge in [-0.15, -0.1) is 0 Å². The Morgan fingerprint density at radius 2 is 1.68 bits per heavy atom. The molecule has 22 heavy (non-hydrogen) atoms. The van der Waals surface area contributed by atoms with Gasteiger partial charge in [0.25, 0.3) is 0 Å². The lowest BCUT2D eigenvalue weighted by atomic mass is 9.80. The molecular formula is C19H14O3.